The lowest BCUT2D eigenvalue weighted by atomic mass is 9.77. The number of nitrogens with one attached hydrogen (secondary N) is 1. The number of piperidine rings is 1. The minimum Gasteiger partial charge on any atom is -0.496 e. The van der Waals surface area contributed by atoms with E-state index in [-0.39, 0.29) is 42.3 Å². The molecule has 1 spiro atoms. The van der Waals surface area contributed by atoms with Crippen LogP contribution in [0.25, 0.3) is 0 Å². The number of amides is 1. The largest absolute Gasteiger partial charge is 0.496 e. The van der Waals surface area contributed by atoms with Crippen molar-refractivity contribution in [2.75, 3.05) is 33.9 Å². The van der Waals surface area contributed by atoms with Gasteiger partial charge in [-0.1, -0.05) is 0 Å². The minimum absolute atomic E-state index is 0.0137. The van der Waals surface area contributed by atoms with Gasteiger partial charge in [0.15, 0.2) is 0 Å². The molecule has 3 rings (SSSR count). The number of sulfonamides is 1. The molecule has 2 heterocycles. The van der Waals surface area contributed by atoms with Crippen molar-refractivity contribution in [3.63, 3.8) is 0 Å². The van der Waals surface area contributed by atoms with Gasteiger partial charge in [0.1, 0.15) is 11.9 Å². The lowest BCUT2D eigenvalue weighted by Crippen LogP contribution is -2.59. The average molecular weight is 429 g/mol. The number of hydrogen-bond acceptors (Lipinski definition) is 7. The van der Waals surface area contributed by atoms with Crippen LogP contribution in [0, 0.1) is 0 Å². The van der Waals surface area contributed by atoms with E-state index in [9.17, 15) is 23.4 Å². The normalized spacial score (nSPS) is 27.6. The number of benzene rings is 1. The number of nitrogens with zero attached hydrogens (tertiary/aromatic N) is 1. The summed E-state index contributed by atoms with van der Waals surface area (Å²) >= 11 is 0. The van der Waals surface area contributed by atoms with E-state index in [1.54, 1.807) is 6.92 Å². The highest BCUT2D eigenvalue weighted by molar-refractivity contribution is 7.89. The number of carbonyl (C=O) groups is 1. The molecule has 10 heteroatoms. The van der Waals surface area contributed by atoms with E-state index in [1.807, 2.05) is 0 Å². The first-order valence-corrected chi connectivity index (χ1v) is 10.9. The molecule has 2 aliphatic rings. The summed E-state index contributed by atoms with van der Waals surface area (Å²) in [5, 5.41) is 22.8. The maximum Gasteiger partial charge on any atom is 0.254 e. The number of rotatable bonds is 4. The van der Waals surface area contributed by atoms with Crippen molar-refractivity contribution in [3.8, 4) is 5.75 Å². The van der Waals surface area contributed by atoms with Crippen LogP contribution >= 0.6 is 0 Å². The van der Waals surface area contributed by atoms with E-state index in [0.717, 1.165) is 0 Å². The van der Waals surface area contributed by atoms with E-state index >= 15 is 0 Å². The maximum absolute atomic E-state index is 13.1. The van der Waals surface area contributed by atoms with E-state index in [2.05, 4.69) is 5.32 Å². The van der Waals surface area contributed by atoms with Gasteiger partial charge in [0.05, 0.1) is 35.4 Å². The first-order chi connectivity index (χ1) is 13.5. The Balaban J connectivity index is 1.79. The van der Waals surface area contributed by atoms with Crippen molar-refractivity contribution in [2.45, 2.75) is 48.4 Å². The van der Waals surface area contributed by atoms with Crippen LogP contribution in [-0.2, 0) is 14.8 Å². The topological polar surface area (TPSA) is 125 Å². The fourth-order valence-corrected chi connectivity index (χ4v) is 5.49. The van der Waals surface area contributed by atoms with E-state index in [4.69, 9.17) is 9.47 Å². The van der Waals surface area contributed by atoms with Gasteiger partial charge in [-0.3, -0.25) is 4.79 Å². The Morgan fingerprint density at radius 1 is 1.34 bits per heavy atom. The quantitative estimate of drug-likeness (QED) is 0.621. The zero-order chi connectivity index (χ0) is 21.4. The van der Waals surface area contributed by atoms with Gasteiger partial charge < -0.3 is 25.0 Å². The number of aliphatic hydroxyl groups excluding tert-OH is 1. The highest BCUT2D eigenvalue weighted by Crippen LogP contribution is 2.40. The summed E-state index contributed by atoms with van der Waals surface area (Å²) in [5.41, 5.74) is -1.77. The molecule has 0 saturated carbocycles. The second-order valence-electron chi connectivity index (χ2n) is 7.89. The number of aliphatic hydroxyl groups is 2. The van der Waals surface area contributed by atoms with Crippen molar-refractivity contribution < 1.29 is 32.9 Å². The molecule has 2 saturated heterocycles. The minimum atomic E-state index is -3.82. The second-order valence-corrected chi connectivity index (χ2v) is 9.83. The Morgan fingerprint density at radius 2 is 2.00 bits per heavy atom. The van der Waals surface area contributed by atoms with Crippen LogP contribution in [0.15, 0.2) is 23.1 Å². The Morgan fingerprint density at radius 3 is 2.55 bits per heavy atom. The molecule has 1 unspecified atom stereocenters. The fourth-order valence-electron chi connectivity index (χ4n) is 4.02. The summed E-state index contributed by atoms with van der Waals surface area (Å²) in [6, 6.07) is 4.20. The van der Waals surface area contributed by atoms with Crippen LogP contribution in [0.2, 0.25) is 0 Å². The molecule has 0 aromatic heterocycles. The van der Waals surface area contributed by atoms with Crippen LogP contribution in [0.3, 0.4) is 0 Å². The summed E-state index contributed by atoms with van der Waals surface area (Å²) in [6.07, 6.45) is 0.108. The van der Waals surface area contributed by atoms with Crippen molar-refractivity contribution in [2.24, 2.45) is 0 Å². The first-order valence-electron chi connectivity index (χ1n) is 9.49. The zero-order valence-corrected chi connectivity index (χ0v) is 17.7. The van der Waals surface area contributed by atoms with Crippen molar-refractivity contribution >= 4 is 15.9 Å². The Bertz CT molecular complexity index is 877. The molecule has 9 nitrogen and oxygen atoms in total. The highest BCUT2D eigenvalue weighted by Gasteiger charge is 2.49. The van der Waals surface area contributed by atoms with Gasteiger partial charge in [0.2, 0.25) is 10.0 Å². The molecule has 2 aliphatic heterocycles. The molecule has 2 fully saturated rings. The van der Waals surface area contributed by atoms with Gasteiger partial charge in [0, 0.05) is 26.6 Å². The molecule has 2 atom stereocenters. The molecule has 1 amide bonds. The standard InChI is InChI=1S/C19H28N2O7S/c1-18(24)12-19(28-11-16(18)22)6-8-21(9-7-19)29(25,26)13-4-5-15(27-3)14(10-13)17(23)20-2/h4-5,10,16,22,24H,6-9,11-12H2,1-3H3,(H,20,23)/t16?,18-/m0/s1. The molecule has 0 aliphatic carbocycles. The molecular weight excluding hydrogens is 400 g/mol. The van der Waals surface area contributed by atoms with Crippen molar-refractivity contribution in [1.82, 2.24) is 9.62 Å². The maximum atomic E-state index is 13.1. The van der Waals surface area contributed by atoms with E-state index < -0.39 is 33.2 Å². The Kier molecular flexibility index (Phi) is 5.94. The van der Waals surface area contributed by atoms with Crippen LogP contribution in [0.5, 0.6) is 5.75 Å². The van der Waals surface area contributed by atoms with Crippen LogP contribution in [0.4, 0.5) is 0 Å². The van der Waals surface area contributed by atoms with Gasteiger partial charge in [0.25, 0.3) is 5.91 Å². The fraction of sp³-hybridized carbons (Fsp3) is 0.632. The van der Waals surface area contributed by atoms with E-state index in [1.165, 1.54) is 36.7 Å². The molecular formula is C19H28N2O7S. The predicted octanol–water partition coefficient (Wildman–Crippen LogP) is 0.110. The molecule has 1 aromatic carbocycles. The lowest BCUT2D eigenvalue weighted by molar-refractivity contribution is -0.220. The Labute approximate surface area is 170 Å². The van der Waals surface area contributed by atoms with Crippen molar-refractivity contribution in [1.29, 1.82) is 0 Å². The Hall–Kier alpha value is -1.72. The van der Waals surface area contributed by atoms with Crippen LogP contribution in [0.1, 0.15) is 36.5 Å². The second kappa shape index (κ2) is 7.84. The summed E-state index contributed by atoms with van der Waals surface area (Å²) in [7, 11) is -0.942. The molecule has 3 N–H and O–H groups in total. The molecule has 29 heavy (non-hydrogen) atoms. The number of hydrogen-bond donors (Lipinski definition) is 3. The summed E-state index contributed by atoms with van der Waals surface area (Å²) in [5.74, 6) is -0.148. The molecule has 162 valence electrons. The van der Waals surface area contributed by atoms with Gasteiger partial charge in [-0.25, -0.2) is 8.42 Å². The van der Waals surface area contributed by atoms with Gasteiger partial charge in [-0.2, -0.15) is 4.31 Å². The number of carbonyl (C=O) groups excluding carboxylic acids is 1. The predicted molar refractivity (Wildman–Crippen MR) is 104 cm³/mol. The average Bonchev–Trinajstić information content (AvgIpc) is 2.70. The summed E-state index contributed by atoms with van der Waals surface area (Å²) < 4.78 is 38.6. The van der Waals surface area contributed by atoms with E-state index in [0.29, 0.717) is 12.8 Å². The third kappa shape index (κ3) is 4.13. The smallest absolute Gasteiger partial charge is 0.254 e. The van der Waals surface area contributed by atoms with Crippen molar-refractivity contribution in [3.05, 3.63) is 23.8 Å². The summed E-state index contributed by atoms with van der Waals surface area (Å²) in [4.78, 5) is 12.1. The molecule has 0 bridgehead atoms. The third-order valence-electron chi connectivity index (χ3n) is 5.86. The van der Waals surface area contributed by atoms with Gasteiger partial charge in [-0.15, -0.1) is 0 Å². The SMILES string of the molecule is CNC(=O)c1cc(S(=O)(=O)N2CCC3(CC2)C[C@](C)(O)C(O)CO3)ccc1OC. The number of methoxy groups -OCH3 is 1. The first kappa shape index (κ1) is 22.0. The zero-order valence-electron chi connectivity index (χ0n) is 16.8. The molecule has 1 aromatic rings. The van der Waals surface area contributed by atoms with Crippen LogP contribution in [-0.4, -0.2) is 80.0 Å². The van der Waals surface area contributed by atoms with Gasteiger partial charge >= 0.3 is 0 Å². The monoisotopic (exact) mass is 428 g/mol. The third-order valence-corrected chi connectivity index (χ3v) is 7.75. The summed E-state index contributed by atoms with van der Waals surface area (Å²) in [6.45, 7) is 2.03. The number of ether oxygens (including phenoxy) is 2. The molecule has 0 radical (unpaired) electrons. The lowest BCUT2D eigenvalue weighted by Gasteiger charge is -2.49. The highest BCUT2D eigenvalue weighted by atomic mass is 32.2. The van der Waals surface area contributed by atoms with Crippen LogP contribution < -0.4 is 10.1 Å². The van der Waals surface area contributed by atoms with Gasteiger partial charge in [-0.05, 0) is 38.0 Å².